The Morgan fingerprint density at radius 3 is 2.95 bits per heavy atom. The SMILES string of the molecule is CCCC1CSc2ccc(OCC(O)CNC(C)C)cc2C1. The molecular formula is C18H29NO2S. The van der Waals surface area contributed by atoms with Crippen LogP contribution in [0, 0.1) is 5.92 Å². The molecule has 2 N–H and O–H groups in total. The van der Waals surface area contributed by atoms with Gasteiger partial charge in [-0.15, -0.1) is 11.8 Å². The highest BCUT2D eigenvalue weighted by Crippen LogP contribution is 2.36. The number of hydrogen-bond donors (Lipinski definition) is 2. The molecule has 1 aromatic carbocycles. The Balaban J connectivity index is 1.87. The summed E-state index contributed by atoms with van der Waals surface area (Å²) in [6.45, 7) is 7.30. The minimum Gasteiger partial charge on any atom is -0.491 e. The molecule has 3 nitrogen and oxygen atoms in total. The van der Waals surface area contributed by atoms with Gasteiger partial charge in [-0.2, -0.15) is 0 Å². The highest BCUT2D eigenvalue weighted by molar-refractivity contribution is 7.99. The molecule has 0 fully saturated rings. The van der Waals surface area contributed by atoms with Crippen LogP contribution < -0.4 is 10.1 Å². The van der Waals surface area contributed by atoms with E-state index in [9.17, 15) is 5.11 Å². The first kappa shape index (κ1) is 17.6. The molecule has 0 spiro atoms. The minimum absolute atomic E-state index is 0.337. The van der Waals surface area contributed by atoms with Crippen molar-refractivity contribution in [1.82, 2.24) is 5.32 Å². The lowest BCUT2D eigenvalue weighted by atomic mass is 9.96. The van der Waals surface area contributed by atoms with Crippen LogP contribution in [0.3, 0.4) is 0 Å². The van der Waals surface area contributed by atoms with Crippen molar-refractivity contribution in [3.8, 4) is 5.75 Å². The third-order valence-electron chi connectivity index (χ3n) is 3.92. The molecule has 124 valence electrons. The number of benzene rings is 1. The van der Waals surface area contributed by atoms with Crippen molar-refractivity contribution in [2.24, 2.45) is 5.92 Å². The van der Waals surface area contributed by atoms with Crippen molar-refractivity contribution < 1.29 is 9.84 Å². The van der Waals surface area contributed by atoms with Crippen LogP contribution in [0.4, 0.5) is 0 Å². The average molecular weight is 324 g/mol. The predicted molar refractivity (Wildman–Crippen MR) is 93.9 cm³/mol. The quantitative estimate of drug-likeness (QED) is 0.768. The molecule has 0 amide bonds. The van der Waals surface area contributed by atoms with E-state index in [0.717, 1.165) is 18.1 Å². The van der Waals surface area contributed by atoms with E-state index in [1.54, 1.807) is 0 Å². The maximum absolute atomic E-state index is 9.92. The molecule has 0 saturated carbocycles. The second kappa shape index (κ2) is 8.80. The second-order valence-corrected chi connectivity index (χ2v) is 7.53. The van der Waals surface area contributed by atoms with Crippen molar-refractivity contribution in [3.63, 3.8) is 0 Å². The van der Waals surface area contributed by atoms with Crippen molar-refractivity contribution in [2.45, 2.75) is 57.1 Å². The van der Waals surface area contributed by atoms with Crippen molar-refractivity contribution in [1.29, 1.82) is 0 Å². The van der Waals surface area contributed by atoms with Gasteiger partial charge in [0.25, 0.3) is 0 Å². The Bertz CT molecular complexity index is 464. The molecule has 0 bridgehead atoms. The summed E-state index contributed by atoms with van der Waals surface area (Å²) in [6.07, 6.45) is 3.24. The Kier molecular flexibility index (Phi) is 7.06. The summed E-state index contributed by atoms with van der Waals surface area (Å²) in [7, 11) is 0. The molecular weight excluding hydrogens is 294 g/mol. The van der Waals surface area contributed by atoms with Crippen LogP contribution in [-0.4, -0.2) is 36.2 Å². The topological polar surface area (TPSA) is 41.5 Å². The van der Waals surface area contributed by atoms with Gasteiger partial charge in [0.05, 0.1) is 0 Å². The summed E-state index contributed by atoms with van der Waals surface area (Å²) in [5, 5.41) is 13.1. The molecule has 0 aliphatic carbocycles. The van der Waals surface area contributed by atoms with E-state index in [-0.39, 0.29) is 0 Å². The van der Waals surface area contributed by atoms with Crippen LogP contribution in [0.15, 0.2) is 23.1 Å². The summed E-state index contributed by atoms with van der Waals surface area (Å²) in [6, 6.07) is 6.73. The fourth-order valence-corrected chi connectivity index (χ4v) is 3.93. The molecule has 1 aromatic rings. The lowest BCUT2D eigenvalue weighted by molar-refractivity contribution is 0.104. The van der Waals surface area contributed by atoms with Gasteiger partial charge in [0.1, 0.15) is 18.5 Å². The third kappa shape index (κ3) is 5.49. The standard InChI is InChI=1S/C18H29NO2S/c1-4-5-14-8-15-9-17(6-7-18(15)22-12-14)21-11-16(20)10-19-13(2)3/h6-7,9,13-14,16,19-20H,4-5,8,10-12H2,1-3H3. The Morgan fingerprint density at radius 1 is 1.41 bits per heavy atom. The zero-order valence-corrected chi connectivity index (χ0v) is 14.8. The molecule has 2 rings (SSSR count). The molecule has 0 aromatic heterocycles. The molecule has 0 radical (unpaired) electrons. The molecule has 1 aliphatic rings. The molecule has 1 aliphatic heterocycles. The number of thioether (sulfide) groups is 1. The Morgan fingerprint density at radius 2 is 2.23 bits per heavy atom. The predicted octanol–water partition coefficient (Wildman–Crippen LogP) is 3.49. The fraction of sp³-hybridized carbons (Fsp3) is 0.667. The maximum atomic E-state index is 9.92. The maximum Gasteiger partial charge on any atom is 0.119 e. The highest BCUT2D eigenvalue weighted by Gasteiger charge is 2.19. The molecule has 2 unspecified atom stereocenters. The van der Waals surface area contributed by atoms with E-state index >= 15 is 0 Å². The summed E-state index contributed by atoms with van der Waals surface area (Å²) < 4.78 is 5.76. The normalized spacial score (nSPS) is 19.0. The highest BCUT2D eigenvalue weighted by atomic mass is 32.2. The lowest BCUT2D eigenvalue weighted by Gasteiger charge is -2.24. The molecule has 22 heavy (non-hydrogen) atoms. The van der Waals surface area contributed by atoms with Crippen LogP contribution in [-0.2, 0) is 6.42 Å². The third-order valence-corrected chi connectivity index (χ3v) is 5.26. The number of fused-ring (bicyclic) bond motifs is 1. The van der Waals surface area contributed by atoms with Gasteiger partial charge in [-0.05, 0) is 42.5 Å². The van der Waals surface area contributed by atoms with Crippen LogP contribution in [0.5, 0.6) is 5.75 Å². The first-order valence-electron chi connectivity index (χ1n) is 8.38. The van der Waals surface area contributed by atoms with E-state index in [4.69, 9.17) is 4.74 Å². The lowest BCUT2D eigenvalue weighted by Crippen LogP contribution is -2.35. The van der Waals surface area contributed by atoms with Gasteiger partial charge in [-0.25, -0.2) is 0 Å². The van der Waals surface area contributed by atoms with E-state index in [2.05, 4.69) is 38.2 Å². The second-order valence-electron chi connectivity index (χ2n) is 6.47. The number of rotatable bonds is 8. The zero-order valence-electron chi connectivity index (χ0n) is 14.0. The summed E-state index contributed by atoms with van der Waals surface area (Å²) in [4.78, 5) is 1.39. The van der Waals surface area contributed by atoms with E-state index in [0.29, 0.717) is 19.2 Å². The first-order valence-corrected chi connectivity index (χ1v) is 9.37. The number of hydrogen-bond acceptors (Lipinski definition) is 4. The smallest absolute Gasteiger partial charge is 0.119 e. The van der Waals surface area contributed by atoms with Gasteiger partial charge in [-0.3, -0.25) is 0 Å². The van der Waals surface area contributed by atoms with Gasteiger partial charge in [0, 0.05) is 23.2 Å². The van der Waals surface area contributed by atoms with E-state index in [1.165, 1.54) is 29.1 Å². The molecule has 4 heteroatoms. The summed E-state index contributed by atoms with van der Waals surface area (Å²) in [5.41, 5.74) is 1.40. The van der Waals surface area contributed by atoms with Crippen LogP contribution in [0.25, 0.3) is 0 Å². The van der Waals surface area contributed by atoms with Gasteiger partial charge < -0.3 is 15.2 Å². The van der Waals surface area contributed by atoms with Gasteiger partial charge >= 0.3 is 0 Å². The summed E-state index contributed by atoms with van der Waals surface area (Å²) in [5.74, 6) is 2.90. The summed E-state index contributed by atoms with van der Waals surface area (Å²) >= 11 is 1.97. The van der Waals surface area contributed by atoms with Crippen LogP contribution in [0.2, 0.25) is 0 Å². The van der Waals surface area contributed by atoms with Crippen LogP contribution in [0.1, 0.15) is 39.2 Å². The minimum atomic E-state index is -0.472. The van der Waals surface area contributed by atoms with Crippen molar-refractivity contribution in [2.75, 3.05) is 18.9 Å². The van der Waals surface area contributed by atoms with Gasteiger partial charge in [-0.1, -0.05) is 27.2 Å². The van der Waals surface area contributed by atoms with Crippen molar-refractivity contribution in [3.05, 3.63) is 23.8 Å². The van der Waals surface area contributed by atoms with E-state index < -0.39 is 6.10 Å². The Hall–Kier alpha value is -0.710. The van der Waals surface area contributed by atoms with Gasteiger partial charge in [0.15, 0.2) is 0 Å². The first-order chi connectivity index (χ1) is 10.6. The number of nitrogens with one attached hydrogen (secondary N) is 1. The zero-order chi connectivity index (χ0) is 15.9. The number of ether oxygens (including phenoxy) is 1. The number of aliphatic hydroxyl groups is 1. The number of aliphatic hydroxyl groups excluding tert-OH is 1. The molecule has 0 saturated heterocycles. The fourth-order valence-electron chi connectivity index (χ4n) is 2.74. The molecule has 2 atom stereocenters. The average Bonchev–Trinajstić information content (AvgIpc) is 2.50. The largest absolute Gasteiger partial charge is 0.491 e. The van der Waals surface area contributed by atoms with E-state index in [1.807, 2.05) is 17.8 Å². The monoisotopic (exact) mass is 323 g/mol. The van der Waals surface area contributed by atoms with Gasteiger partial charge in [0.2, 0.25) is 0 Å². The van der Waals surface area contributed by atoms with Crippen molar-refractivity contribution >= 4 is 11.8 Å². The molecule has 1 heterocycles. The van der Waals surface area contributed by atoms with Crippen LogP contribution >= 0.6 is 11.8 Å². The Labute approximate surface area is 138 Å².